The first kappa shape index (κ1) is 25.1. The van der Waals surface area contributed by atoms with Crippen molar-refractivity contribution >= 4 is 28.6 Å². The van der Waals surface area contributed by atoms with Gasteiger partial charge < -0.3 is 10.4 Å². The van der Waals surface area contributed by atoms with E-state index in [-0.39, 0.29) is 17.1 Å². The average Bonchev–Trinajstić information content (AvgIpc) is 3.60. The van der Waals surface area contributed by atoms with Gasteiger partial charge in [0.1, 0.15) is 11.5 Å². The standard InChI is InChI=1S/C31H29FN8O2/c32-24-10-22(15-34-28(24)36-25-3-1-2-5-33-25)40-6-4-23-26(30(41)42)27(37-38-29(23)40)21-14-35-39(16-21)17-31-11-18-7-19(12-31)9-20(8-18)13-31/h1-6,10,14-16,18-20H,7-9,11-13,17H2,(H,41,42)(H,33,34,36). The molecular weight excluding hydrogens is 535 g/mol. The summed E-state index contributed by atoms with van der Waals surface area (Å²) in [5.41, 5.74) is 1.90. The number of hydrogen-bond acceptors (Lipinski definition) is 7. The number of fused-ring (bicyclic) bond motifs is 1. The molecule has 5 aromatic heterocycles. The number of aromatic carboxylic acids is 1. The zero-order valence-electron chi connectivity index (χ0n) is 22.8. The topological polar surface area (TPSA) is 124 Å². The maximum absolute atomic E-state index is 15.0. The van der Waals surface area contributed by atoms with Gasteiger partial charge in [0.2, 0.25) is 0 Å². The van der Waals surface area contributed by atoms with Crippen LogP contribution in [0.15, 0.2) is 61.3 Å². The molecule has 4 fully saturated rings. The molecule has 11 heteroatoms. The largest absolute Gasteiger partial charge is 0.478 e. The molecule has 4 aliphatic rings. The fourth-order valence-electron chi connectivity index (χ4n) is 8.23. The van der Waals surface area contributed by atoms with Gasteiger partial charge in [-0.05, 0) is 79.9 Å². The van der Waals surface area contributed by atoms with E-state index in [1.54, 1.807) is 47.4 Å². The zero-order valence-corrected chi connectivity index (χ0v) is 22.8. The fourth-order valence-corrected chi connectivity index (χ4v) is 8.23. The Morgan fingerprint density at radius 2 is 1.83 bits per heavy atom. The Kier molecular flexibility index (Phi) is 5.63. The SMILES string of the molecule is O=C(O)c1c(-c2cnn(CC34CC5CC(CC(C5)C3)C4)c2)nnc2c1ccn2-c1cnc(Nc2ccccn2)c(F)c1. The third-order valence-electron chi connectivity index (χ3n) is 9.41. The molecule has 0 amide bonds. The van der Waals surface area contributed by atoms with Crippen LogP contribution in [0.4, 0.5) is 16.0 Å². The summed E-state index contributed by atoms with van der Waals surface area (Å²) in [6.45, 7) is 0.856. The highest BCUT2D eigenvalue weighted by Gasteiger charge is 2.51. The number of nitrogens with one attached hydrogen (secondary N) is 1. The number of carbonyl (C=O) groups is 1. The van der Waals surface area contributed by atoms with Gasteiger partial charge in [-0.25, -0.2) is 19.2 Å². The van der Waals surface area contributed by atoms with E-state index in [9.17, 15) is 14.3 Å². The lowest BCUT2D eigenvalue weighted by atomic mass is 9.49. The predicted molar refractivity (Wildman–Crippen MR) is 153 cm³/mol. The van der Waals surface area contributed by atoms with Crippen LogP contribution in [0.25, 0.3) is 28.0 Å². The molecule has 0 radical (unpaired) electrons. The molecule has 0 atom stereocenters. The number of carboxylic acid groups (broad SMARTS) is 1. The number of pyridine rings is 2. The molecule has 0 saturated heterocycles. The van der Waals surface area contributed by atoms with Gasteiger partial charge in [-0.15, -0.1) is 10.2 Å². The van der Waals surface area contributed by atoms with Crippen molar-refractivity contribution in [2.24, 2.45) is 23.2 Å². The Morgan fingerprint density at radius 3 is 2.52 bits per heavy atom. The number of carboxylic acids is 1. The number of halogens is 1. The van der Waals surface area contributed by atoms with E-state index in [0.717, 1.165) is 24.3 Å². The summed E-state index contributed by atoms with van der Waals surface area (Å²) in [5.74, 6) is 1.33. The Morgan fingerprint density at radius 1 is 1.05 bits per heavy atom. The van der Waals surface area contributed by atoms with Gasteiger partial charge >= 0.3 is 5.97 Å². The normalized spacial score (nSPS) is 24.4. The first-order valence-electron chi connectivity index (χ1n) is 14.4. The van der Waals surface area contributed by atoms with E-state index < -0.39 is 11.8 Å². The third kappa shape index (κ3) is 4.22. The summed E-state index contributed by atoms with van der Waals surface area (Å²) >= 11 is 0. The number of anilines is 2. The molecule has 4 aliphatic carbocycles. The van der Waals surface area contributed by atoms with Crippen LogP contribution in [-0.2, 0) is 6.54 Å². The summed E-state index contributed by atoms with van der Waals surface area (Å²) in [6, 6.07) is 8.23. The van der Waals surface area contributed by atoms with Crippen LogP contribution in [0.5, 0.6) is 0 Å². The van der Waals surface area contributed by atoms with Crippen molar-refractivity contribution in [2.45, 2.75) is 45.1 Å². The van der Waals surface area contributed by atoms with Crippen molar-refractivity contribution in [3.05, 3.63) is 72.7 Å². The maximum Gasteiger partial charge on any atom is 0.338 e. The summed E-state index contributed by atoms with van der Waals surface area (Å²) in [4.78, 5) is 20.9. The summed E-state index contributed by atoms with van der Waals surface area (Å²) in [6.07, 6.45) is 16.3. The monoisotopic (exact) mass is 564 g/mol. The van der Waals surface area contributed by atoms with Crippen molar-refractivity contribution in [1.29, 1.82) is 0 Å². The minimum absolute atomic E-state index is 0.0269. The minimum atomic E-state index is -1.12. The second-order valence-electron chi connectivity index (χ2n) is 12.4. The van der Waals surface area contributed by atoms with Crippen molar-refractivity contribution in [3.8, 4) is 16.9 Å². The third-order valence-corrected chi connectivity index (χ3v) is 9.41. The lowest BCUT2D eigenvalue weighted by Crippen LogP contribution is -2.47. The van der Waals surface area contributed by atoms with E-state index in [1.807, 2.05) is 10.9 Å². The first-order valence-corrected chi connectivity index (χ1v) is 14.4. The highest BCUT2D eigenvalue weighted by Crippen LogP contribution is 2.60. The Balaban J connectivity index is 1.10. The van der Waals surface area contributed by atoms with E-state index in [2.05, 4.69) is 30.6 Å². The van der Waals surface area contributed by atoms with Crippen LogP contribution in [0.2, 0.25) is 0 Å². The van der Waals surface area contributed by atoms with Crippen LogP contribution >= 0.6 is 0 Å². The van der Waals surface area contributed by atoms with Crippen LogP contribution in [-0.4, -0.2) is 45.6 Å². The average molecular weight is 565 g/mol. The van der Waals surface area contributed by atoms with Crippen molar-refractivity contribution in [2.75, 3.05) is 5.32 Å². The fraction of sp³-hybridized carbons (Fsp3) is 0.355. The molecule has 5 aromatic rings. The quantitative estimate of drug-likeness (QED) is 0.252. The van der Waals surface area contributed by atoms with E-state index in [1.165, 1.54) is 50.8 Å². The second kappa shape index (κ2) is 9.43. The highest BCUT2D eigenvalue weighted by atomic mass is 19.1. The summed E-state index contributed by atoms with van der Waals surface area (Å²) in [7, 11) is 0. The molecule has 4 bridgehead atoms. The molecule has 212 valence electrons. The zero-order chi connectivity index (χ0) is 28.4. The van der Waals surface area contributed by atoms with Crippen LogP contribution in [0.3, 0.4) is 0 Å². The van der Waals surface area contributed by atoms with Gasteiger partial charge in [0.05, 0.1) is 23.6 Å². The van der Waals surface area contributed by atoms with Gasteiger partial charge in [-0.3, -0.25) is 9.25 Å². The Bertz CT molecular complexity index is 1800. The summed E-state index contributed by atoms with van der Waals surface area (Å²) < 4.78 is 18.5. The molecule has 10 nitrogen and oxygen atoms in total. The van der Waals surface area contributed by atoms with Crippen LogP contribution in [0.1, 0.15) is 48.9 Å². The van der Waals surface area contributed by atoms with Gasteiger partial charge in [0.25, 0.3) is 0 Å². The van der Waals surface area contributed by atoms with Crippen LogP contribution in [0, 0.1) is 29.0 Å². The molecule has 4 saturated carbocycles. The number of aromatic nitrogens is 7. The minimum Gasteiger partial charge on any atom is -0.478 e. The Labute approximate surface area is 240 Å². The van der Waals surface area contributed by atoms with E-state index in [4.69, 9.17) is 0 Å². The van der Waals surface area contributed by atoms with Gasteiger partial charge in [-0.2, -0.15) is 5.10 Å². The molecule has 0 aromatic carbocycles. The number of rotatable bonds is 7. The lowest BCUT2D eigenvalue weighted by molar-refractivity contribution is -0.0635. The first-order chi connectivity index (χ1) is 20.4. The molecule has 9 rings (SSSR count). The molecular formula is C31H29FN8O2. The summed E-state index contributed by atoms with van der Waals surface area (Å²) in [5, 5.41) is 26.9. The van der Waals surface area contributed by atoms with Crippen molar-refractivity contribution in [3.63, 3.8) is 0 Å². The highest BCUT2D eigenvalue weighted by molar-refractivity contribution is 6.07. The maximum atomic E-state index is 15.0. The predicted octanol–water partition coefficient (Wildman–Crippen LogP) is 5.87. The van der Waals surface area contributed by atoms with Crippen molar-refractivity contribution in [1.82, 2.24) is 34.5 Å². The molecule has 42 heavy (non-hydrogen) atoms. The molecule has 5 heterocycles. The van der Waals surface area contributed by atoms with Gasteiger partial charge in [0.15, 0.2) is 17.3 Å². The second-order valence-corrected chi connectivity index (χ2v) is 12.4. The van der Waals surface area contributed by atoms with E-state index >= 15 is 0 Å². The molecule has 2 N–H and O–H groups in total. The lowest BCUT2D eigenvalue weighted by Gasteiger charge is -2.56. The van der Waals surface area contributed by atoms with Crippen LogP contribution < -0.4 is 5.32 Å². The van der Waals surface area contributed by atoms with Gasteiger partial charge in [-0.1, -0.05) is 6.07 Å². The number of nitrogens with zero attached hydrogens (tertiary/aromatic N) is 7. The molecule has 0 aliphatic heterocycles. The number of hydrogen-bond donors (Lipinski definition) is 2. The molecule has 0 unspecified atom stereocenters. The Hall–Kier alpha value is -4.67. The van der Waals surface area contributed by atoms with Crippen molar-refractivity contribution < 1.29 is 14.3 Å². The van der Waals surface area contributed by atoms with E-state index in [0.29, 0.717) is 33.5 Å². The smallest absolute Gasteiger partial charge is 0.338 e. The van der Waals surface area contributed by atoms with Gasteiger partial charge in [0, 0.05) is 42.2 Å². The molecule has 0 spiro atoms.